The normalized spacial score (nSPS) is 22.6. The molecule has 4 nitrogen and oxygen atoms in total. The molecule has 0 aliphatic carbocycles. The van der Waals surface area contributed by atoms with Crippen molar-refractivity contribution in [3.05, 3.63) is 39.2 Å². The molecule has 0 radical (unpaired) electrons. The molecular weight excluding hydrogens is 252 g/mol. The minimum Gasteiger partial charge on any atom is -0.487 e. The molecule has 3 unspecified atom stereocenters. The van der Waals surface area contributed by atoms with Gasteiger partial charge in [0.25, 0.3) is 5.56 Å². The van der Waals surface area contributed by atoms with Gasteiger partial charge in [-0.3, -0.25) is 4.79 Å². The molecule has 0 fully saturated rings. The van der Waals surface area contributed by atoms with Gasteiger partial charge in [0.05, 0.1) is 5.52 Å². The highest BCUT2D eigenvalue weighted by atomic mass is 16.5. The van der Waals surface area contributed by atoms with Crippen LogP contribution in [0.2, 0.25) is 0 Å². The number of benzene rings is 1. The summed E-state index contributed by atoms with van der Waals surface area (Å²) in [6, 6.07) is 3.99. The summed E-state index contributed by atoms with van der Waals surface area (Å²) in [5.74, 6) is 1.14. The molecule has 0 amide bonds. The smallest absolute Gasteiger partial charge is 0.251 e. The summed E-state index contributed by atoms with van der Waals surface area (Å²) >= 11 is 0. The summed E-state index contributed by atoms with van der Waals surface area (Å²) in [5.41, 5.74) is 9.78. The van der Waals surface area contributed by atoms with Gasteiger partial charge in [0.1, 0.15) is 11.9 Å². The lowest BCUT2D eigenvalue weighted by Crippen LogP contribution is -2.36. The Morgan fingerprint density at radius 3 is 2.65 bits per heavy atom. The lowest BCUT2D eigenvalue weighted by atomic mass is 9.91. The fourth-order valence-corrected chi connectivity index (χ4v) is 3.10. The van der Waals surface area contributed by atoms with Gasteiger partial charge in [-0.05, 0) is 38.5 Å². The molecule has 3 N–H and O–H groups in total. The highest BCUT2D eigenvalue weighted by Crippen LogP contribution is 2.44. The van der Waals surface area contributed by atoms with E-state index in [1.165, 1.54) is 5.56 Å². The molecule has 106 valence electrons. The number of hydrogen-bond acceptors (Lipinski definition) is 3. The molecule has 2 heterocycles. The SMILES string of the molecule is Cc1cc2c3c(cc(C)c2[nH]c1=O)C(C)C(C(C)N)O3. The standard InChI is InChI=1S/C16H20N2O2/c1-7-5-11-9(3)14(10(4)17)20-15(11)12-6-8(2)16(19)18-13(7)12/h5-6,9-10,14H,17H2,1-4H3,(H,18,19). The molecule has 1 aromatic heterocycles. The molecule has 0 saturated heterocycles. The molecular formula is C16H20N2O2. The highest BCUT2D eigenvalue weighted by molar-refractivity contribution is 5.90. The van der Waals surface area contributed by atoms with Crippen molar-refractivity contribution in [2.24, 2.45) is 5.73 Å². The third-order valence-corrected chi connectivity index (χ3v) is 4.26. The average Bonchev–Trinajstić information content (AvgIpc) is 2.70. The van der Waals surface area contributed by atoms with Gasteiger partial charge in [-0.1, -0.05) is 6.92 Å². The van der Waals surface area contributed by atoms with E-state index in [0.29, 0.717) is 5.56 Å². The Labute approximate surface area is 117 Å². The average molecular weight is 272 g/mol. The number of rotatable bonds is 1. The highest BCUT2D eigenvalue weighted by Gasteiger charge is 2.35. The topological polar surface area (TPSA) is 68.1 Å². The summed E-state index contributed by atoms with van der Waals surface area (Å²) in [6.07, 6.45) is -0.0118. The predicted octanol–water partition coefficient (Wildman–Crippen LogP) is 2.36. The van der Waals surface area contributed by atoms with E-state index in [2.05, 4.69) is 18.0 Å². The lowest BCUT2D eigenvalue weighted by Gasteiger charge is -2.18. The third kappa shape index (κ3) is 1.75. The van der Waals surface area contributed by atoms with Crippen molar-refractivity contribution in [3.63, 3.8) is 0 Å². The molecule has 1 aliphatic heterocycles. The third-order valence-electron chi connectivity index (χ3n) is 4.26. The van der Waals surface area contributed by atoms with E-state index < -0.39 is 0 Å². The minimum atomic E-state index is -0.0460. The van der Waals surface area contributed by atoms with E-state index in [1.54, 1.807) is 0 Å². The van der Waals surface area contributed by atoms with Crippen molar-refractivity contribution < 1.29 is 4.74 Å². The van der Waals surface area contributed by atoms with Crippen molar-refractivity contribution in [1.29, 1.82) is 0 Å². The largest absolute Gasteiger partial charge is 0.487 e. The van der Waals surface area contributed by atoms with Gasteiger partial charge in [0.15, 0.2) is 0 Å². The summed E-state index contributed by atoms with van der Waals surface area (Å²) < 4.78 is 6.10. The predicted molar refractivity (Wildman–Crippen MR) is 80.5 cm³/mol. The van der Waals surface area contributed by atoms with Gasteiger partial charge in [-0.2, -0.15) is 0 Å². The van der Waals surface area contributed by atoms with Crippen LogP contribution in [0, 0.1) is 13.8 Å². The summed E-state index contributed by atoms with van der Waals surface area (Å²) in [4.78, 5) is 14.8. The Kier molecular flexibility index (Phi) is 2.87. The number of aromatic amines is 1. The summed E-state index contributed by atoms with van der Waals surface area (Å²) in [7, 11) is 0. The van der Waals surface area contributed by atoms with Crippen LogP contribution in [0.15, 0.2) is 16.9 Å². The van der Waals surface area contributed by atoms with E-state index in [4.69, 9.17) is 10.5 Å². The molecule has 0 spiro atoms. The number of nitrogens with one attached hydrogen (secondary N) is 1. The first-order valence-electron chi connectivity index (χ1n) is 6.99. The van der Waals surface area contributed by atoms with Crippen LogP contribution in [0.25, 0.3) is 10.9 Å². The van der Waals surface area contributed by atoms with Crippen LogP contribution in [-0.4, -0.2) is 17.1 Å². The molecule has 2 aromatic rings. The molecule has 1 aliphatic rings. The monoisotopic (exact) mass is 272 g/mol. The van der Waals surface area contributed by atoms with Crippen LogP contribution in [0.4, 0.5) is 0 Å². The maximum Gasteiger partial charge on any atom is 0.251 e. The number of ether oxygens (including phenoxy) is 1. The van der Waals surface area contributed by atoms with Crippen LogP contribution in [0.3, 0.4) is 0 Å². The second-order valence-corrected chi connectivity index (χ2v) is 5.91. The Morgan fingerprint density at radius 2 is 2.00 bits per heavy atom. The first-order chi connectivity index (χ1) is 9.40. The van der Waals surface area contributed by atoms with Gasteiger partial charge < -0.3 is 15.5 Å². The van der Waals surface area contributed by atoms with Gasteiger partial charge in [0, 0.05) is 28.5 Å². The number of pyridine rings is 1. The van der Waals surface area contributed by atoms with Crippen LogP contribution in [-0.2, 0) is 0 Å². The molecule has 0 bridgehead atoms. The first kappa shape index (κ1) is 13.2. The van der Waals surface area contributed by atoms with Crippen LogP contribution < -0.4 is 16.0 Å². The van der Waals surface area contributed by atoms with Crippen LogP contribution in [0.5, 0.6) is 5.75 Å². The van der Waals surface area contributed by atoms with E-state index in [0.717, 1.165) is 22.2 Å². The zero-order valence-corrected chi connectivity index (χ0v) is 12.3. The van der Waals surface area contributed by atoms with Crippen molar-refractivity contribution in [3.8, 4) is 5.75 Å². The molecule has 3 atom stereocenters. The number of aromatic nitrogens is 1. The minimum absolute atomic E-state index is 0.0118. The quantitative estimate of drug-likeness (QED) is 0.837. The number of aryl methyl sites for hydroxylation is 2. The molecule has 20 heavy (non-hydrogen) atoms. The van der Waals surface area contributed by atoms with Gasteiger partial charge in [0.2, 0.25) is 0 Å². The van der Waals surface area contributed by atoms with Gasteiger partial charge in [-0.25, -0.2) is 0 Å². The van der Waals surface area contributed by atoms with Crippen LogP contribution in [0.1, 0.15) is 36.5 Å². The number of hydrogen-bond donors (Lipinski definition) is 2. The van der Waals surface area contributed by atoms with E-state index in [-0.39, 0.29) is 23.6 Å². The Morgan fingerprint density at radius 1 is 1.30 bits per heavy atom. The summed E-state index contributed by atoms with van der Waals surface area (Å²) in [6.45, 7) is 7.94. The number of fused-ring (bicyclic) bond motifs is 3. The summed E-state index contributed by atoms with van der Waals surface area (Å²) in [5, 5.41) is 0.979. The number of nitrogens with two attached hydrogens (primary N) is 1. The maximum absolute atomic E-state index is 11.8. The second-order valence-electron chi connectivity index (χ2n) is 5.91. The maximum atomic E-state index is 11.8. The molecule has 3 rings (SSSR count). The van der Waals surface area contributed by atoms with Crippen molar-refractivity contribution in [1.82, 2.24) is 4.98 Å². The Bertz CT molecular complexity index is 746. The Balaban J connectivity index is 2.31. The molecule has 0 saturated carbocycles. The van der Waals surface area contributed by atoms with E-state index in [9.17, 15) is 4.79 Å². The zero-order valence-electron chi connectivity index (χ0n) is 12.3. The Hall–Kier alpha value is -1.81. The van der Waals surface area contributed by atoms with Crippen molar-refractivity contribution >= 4 is 10.9 Å². The lowest BCUT2D eigenvalue weighted by molar-refractivity contribution is 0.187. The second kappa shape index (κ2) is 4.35. The molecule has 1 aromatic carbocycles. The van der Waals surface area contributed by atoms with E-state index >= 15 is 0 Å². The van der Waals surface area contributed by atoms with Gasteiger partial charge >= 0.3 is 0 Å². The first-order valence-corrected chi connectivity index (χ1v) is 6.99. The van der Waals surface area contributed by atoms with E-state index in [1.807, 2.05) is 26.8 Å². The fraction of sp³-hybridized carbons (Fsp3) is 0.438. The van der Waals surface area contributed by atoms with Crippen LogP contribution >= 0.6 is 0 Å². The zero-order chi connectivity index (χ0) is 14.6. The fourth-order valence-electron chi connectivity index (χ4n) is 3.10. The van der Waals surface area contributed by atoms with Gasteiger partial charge in [-0.15, -0.1) is 0 Å². The molecule has 4 heteroatoms. The number of H-pyrrole nitrogens is 1. The van der Waals surface area contributed by atoms with Crippen molar-refractivity contribution in [2.75, 3.05) is 0 Å². The van der Waals surface area contributed by atoms with Crippen molar-refractivity contribution in [2.45, 2.75) is 45.8 Å².